The Morgan fingerprint density at radius 1 is 1.08 bits per heavy atom. The first-order valence-corrected chi connectivity index (χ1v) is 9.17. The largest absolute Gasteiger partial charge is 0.326 e. The van der Waals surface area contributed by atoms with Crippen LogP contribution >= 0.6 is 11.3 Å². The summed E-state index contributed by atoms with van der Waals surface area (Å²) in [5, 5.41) is 8.09. The fourth-order valence-corrected chi connectivity index (χ4v) is 3.11. The molecule has 3 aromatic rings. The highest BCUT2D eigenvalue weighted by Crippen LogP contribution is 2.26. The van der Waals surface area contributed by atoms with Gasteiger partial charge in [0.1, 0.15) is 0 Å². The number of hydrogen-bond donors (Lipinski definition) is 2. The summed E-state index contributed by atoms with van der Waals surface area (Å²) >= 11 is 1.38. The Morgan fingerprint density at radius 2 is 1.85 bits per heavy atom. The molecule has 0 aliphatic rings. The van der Waals surface area contributed by atoms with Crippen LogP contribution < -0.4 is 10.6 Å². The lowest BCUT2D eigenvalue weighted by molar-refractivity contribution is -0.115. The van der Waals surface area contributed by atoms with E-state index in [9.17, 15) is 9.59 Å². The Kier molecular flexibility index (Phi) is 5.43. The van der Waals surface area contributed by atoms with Crippen LogP contribution in [0.5, 0.6) is 0 Å². The van der Waals surface area contributed by atoms with Crippen molar-refractivity contribution in [2.24, 2.45) is 0 Å². The number of hydrogen-bond acceptors (Lipinski definition) is 4. The van der Waals surface area contributed by atoms with E-state index in [-0.39, 0.29) is 11.8 Å². The van der Waals surface area contributed by atoms with Crippen molar-refractivity contribution in [1.82, 2.24) is 4.98 Å². The van der Waals surface area contributed by atoms with E-state index in [0.29, 0.717) is 17.1 Å². The number of aryl methyl sites for hydroxylation is 1. The van der Waals surface area contributed by atoms with Crippen molar-refractivity contribution in [2.45, 2.75) is 20.3 Å². The number of amides is 2. The Bertz CT molecular complexity index is 932. The van der Waals surface area contributed by atoms with E-state index in [1.807, 2.05) is 61.7 Å². The van der Waals surface area contributed by atoms with Crippen molar-refractivity contribution < 1.29 is 9.59 Å². The van der Waals surface area contributed by atoms with Crippen molar-refractivity contribution in [3.05, 3.63) is 65.0 Å². The third kappa shape index (κ3) is 4.34. The van der Waals surface area contributed by atoms with Crippen LogP contribution in [0.3, 0.4) is 0 Å². The molecule has 2 aromatic carbocycles. The highest BCUT2D eigenvalue weighted by Gasteiger charge is 2.10. The number of aromatic nitrogens is 1. The van der Waals surface area contributed by atoms with Crippen molar-refractivity contribution in [1.29, 1.82) is 0 Å². The van der Waals surface area contributed by atoms with Gasteiger partial charge in [-0.05, 0) is 31.2 Å². The maximum Gasteiger partial charge on any atom is 0.257 e. The number of benzene rings is 2. The zero-order chi connectivity index (χ0) is 18.5. The van der Waals surface area contributed by atoms with Crippen molar-refractivity contribution >= 4 is 34.0 Å². The highest BCUT2D eigenvalue weighted by atomic mass is 32.1. The number of carbonyl (C=O) groups excluding carboxylic acids is 2. The van der Waals surface area contributed by atoms with Crippen LogP contribution in [0, 0.1) is 6.92 Å². The second-order valence-electron chi connectivity index (χ2n) is 5.84. The van der Waals surface area contributed by atoms with Gasteiger partial charge in [0, 0.05) is 28.6 Å². The summed E-state index contributed by atoms with van der Waals surface area (Å²) in [7, 11) is 0. The topological polar surface area (TPSA) is 71.1 Å². The first-order chi connectivity index (χ1) is 12.5. The third-order valence-corrected chi connectivity index (χ3v) is 4.55. The van der Waals surface area contributed by atoms with Crippen LogP contribution in [0.1, 0.15) is 29.3 Å². The van der Waals surface area contributed by atoms with Gasteiger partial charge in [-0.1, -0.05) is 36.8 Å². The zero-order valence-corrected chi connectivity index (χ0v) is 15.4. The number of thiazole rings is 1. The summed E-state index contributed by atoms with van der Waals surface area (Å²) in [6, 6.07) is 14.9. The molecule has 0 aliphatic heterocycles. The average Bonchev–Trinajstić information content (AvgIpc) is 3.10. The Hall–Kier alpha value is -2.99. The maximum atomic E-state index is 12.3. The molecule has 3 rings (SSSR count). The first-order valence-electron chi connectivity index (χ1n) is 8.29. The van der Waals surface area contributed by atoms with Crippen LogP contribution in [-0.2, 0) is 4.79 Å². The molecule has 2 amide bonds. The molecule has 2 N–H and O–H groups in total. The van der Waals surface area contributed by atoms with Crippen molar-refractivity contribution in [2.75, 3.05) is 10.6 Å². The third-order valence-electron chi connectivity index (χ3n) is 3.79. The number of nitrogens with zero attached hydrogens (tertiary/aromatic N) is 1. The molecule has 0 fully saturated rings. The summed E-state index contributed by atoms with van der Waals surface area (Å²) in [5.74, 6) is -0.195. The summed E-state index contributed by atoms with van der Waals surface area (Å²) in [5.41, 5.74) is 4.10. The lowest BCUT2D eigenvalue weighted by atomic mass is 10.1. The Labute approximate surface area is 156 Å². The van der Waals surface area contributed by atoms with Gasteiger partial charge in [-0.15, -0.1) is 11.3 Å². The molecule has 1 aromatic heterocycles. The van der Waals surface area contributed by atoms with Gasteiger partial charge in [0.2, 0.25) is 5.91 Å². The Morgan fingerprint density at radius 3 is 2.54 bits per heavy atom. The van der Waals surface area contributed by atoms with E-state index in [4.69, 9.17) is 0 Å². The van der Waals surface area contributed by atoms with Crippen molar-refractivity contribution in [3.8, 4) is 11.3 Å². The fourth-order valence-electron chi connectivity index (χ4n) is 2.39. The predicted molar refractivity (Wildman–Crippen MR) is 106 cm³/mol. The van der Waals surface area contributed by atoms with E-state index in [1.165, 1.54) is 11.3 Å². The van der Waals surface area contributed by atoms with Crippen LogP contribution in [0.15, 0.2) is 53.9 Å². The first kappa shape index (κ1) is 17.8. The minimum absolute atomic E-state index is 0.0208. The molecular weight excluding hydrogens is 346 g/mol. The predicted octanol–water partition coefficient (Wildman–Crippen LogP) is 4.72. The molecule has 0 radical (unpaired) electrons. The van der Waals surface area contributed by atoms with Gasteiger partial charge in [-0.3, -0.25) is 14.9 Å². The van der Waals surface area contributed by atoms with Crippen LogP contribution in [0.2, 0.25) is 0 Å². The van der Waals surface area contributed by atoms with Gasteiger partial charge in [0.15, 0.2) is 5.13 Å². The van der Waals surface area contributed by atoms with Gasteiger partial charge in [0.05, 0.1) is 5.69 Å². The highest BCUT2D eigenvalue weighted by molar-refractivity contribution is 7.14. The second kappa shape index (κ2) is 7.93. The molecule has 6 heteroatoms. The van der Waals surface area contributed by atoms with Gasteiger partial charge in [0.25, 0.3) is 5.91 Å². The summed E-state index contributed by atoms with van der Waals surface area (Å²) in [4.78, 5) is 28.2. The normalized spacial score (nSPS) is 10.4. The molecule has 0 saturated carbocycles. The van der Waals surface area contributed by atoms with Crippen LogP contribution in [0.25, 0.3) is 11.3 Å². The molecule has 0 bridgehead atoms. The van der Waals surface area contributed by atoms with Gasteiger partial charge in [-0.2, -0.15) is 0 Å². The van der Waals surface area contributed by atoms with E-state index in [2.05, 4.69) is 15.6 Å². The molecule has 26 heavy (non-hydrogen) atoms. The molecule has 0 unspecified atom stereocenters. The van der Waals surface area contributed by atoms with Crippen LogP contribution in [0.4, 0.5) is 10.8 Å². The lowest BCUT2D eigenvalue weighted by Gasteiger charge is -2.04. The van der Waals surface area contributed by atoms with Gasteiger partial charge >= 0.3 is 0 Å². The average molecular weight is 365 g/mol. The molecule has 0 aliphatic carbocycles. The van der Waals surface area contributed by atoms with E-state index in [0.717, 1.165) is 22.5 Å². The summed E-state index contributed by atoms with van der Waals surface area (Å²) in [6.07, 6.45) is 0.442. The lowest BCUT2D eigenvalue weighted by Crippen LogP contribution is -2.11. The quantitative estimate of drug-likeness (QED) is 0.687. The summed E-state index contributed by atoms with van der Waals surface area (Å²) in [6.45, 7) is 3.76. The number of rotatable bonds is 5. The van der Waals surface area contributed by atoms with Gasteiger partial charge < -0.3 is 5.32 Å². The number of carbonyl (C=O) groups is 2. The molecule has 132 valence electrons. The molecule has 1 heterocycles. The minimum Gasteiger partial charge on any atom is -0.326 e. The Balaban J connectivity index is 1.69. The van der Waals surface area contributed by atoms with E-state index in [1.54, 1.807) is 6.07 Å². The van der Waals surface area contributed by atoms with Gasteiger partial charge in [-0.25, -0.2) is 4.98 Å². The molecular formula is C20H19N3O2S. The standard InChI is InChI=1S/C20H19N3O2S/c1-3-18(24)21-16-9-7-14(8-10-16)17-12-26-20(22-17)23-19(25)15-6-4-5-13(2)11-15/h4-12H,3H2,1-2H3,(H,21,24)(H,22,23,25). The van der Waals surface area contributed by atoms with Crippen LogP contribution in [-0.4, -0.2) is 16.8 Å². The second-order valence-corrected chi connectivity index (χ2v) is 6.70. The summed E-state index contributed by atoms with van der Waals surface area (Å²) < 4.78 is 0. The zero-order valence-electron chi connectivity index (χ0n) is 14.6. The monoisotopic (exact) mass is 365 g/mol. The molecule has 5 nitrogen and oxygen atoms in total. The van der Waals surface area contributed by atoms with E-state index >= 15 is 0 Å². The number of nitrogens with one attached hydrogen (secondary N) is 2. The molecule has 0 atom stereocenters. The van der Waals surface area contributed by atoms with E-state index < -0.39 is 0 Å². The minimum atomic E-state index is -0.174. The number of anilines is 2. The maximum absolute atomic E-state index is 12.3. The van der Waals surface area contributed by atoms with Crippen molar-refractivity contribution in [3.63, 3.8) is 0 Å². The SMILES string of the molecule is CCC(=O)Nc1ccc(-c2csc(NC(=O)c3cccc(C)c3)n2)cc1. The molecule has 0 spiro atoms. The smallest absolute Gasteiger partial charge is 0.257 e. The molecule has 0 saturated heterocycles. The fraction of sp³-hybridized carbons (Fsp3) is 0.150.